The molecule has 0 aliphatic carbocycles. The molecular weight excluding hydrogens is 486 g/mol. The Kier molecular flexibility index (Phi) is 8.18. The molecule has 37 heavy (non-hydrogen) atoms. The first kappa shape index (κ1) is 26.3. The molecule has 0 radical (unpaired) electrons. The fourth-order valence-corrected chi connectivity index (χ4v) is 4.95. The van der Waals surface area contributed by atoms with Crippen LogP contribution < -0.4 is 20.3 Å². The zero-order chi connectivity index (χ0) is 26.5. The minimum absolute atomic E-state index is 0.187. The van der Waals surface area contributed by atoms with Crippen LogP contribution in [-0.4, -0.2) is 36.2 Å². The predicted molar refractivity (Wildman–Crippen MR) is 148 cm³/mol. The van der Waals surface area contributed by atoms with E-state index in [2.05, 4.69) is 24.4 Å². The summed E-state index contributed by atoms with van der Waals surface area (Å²) in [6.45, 7) is 6.71. The van der Waals surface area contributed by atoms with Crippen molar-refractivity contribution in [2.45, 2.75) is 31.7 Å². The number of amides is 1. The van der Waals surface area contributed by atoms with Crippen LogP contribution in [0.15, 0.2) is 70.6 Å². The van der Waals surface area contributed by atoms with Crippen molar-refractivity contribution >= 4 is 28.6 Å². The monoisotopic (exact) mass is 517 g/mol. The Hall–Kier alpha value is -3.78. The van der Waals surface area contributed by atoms with Crippen molar-refractivity contribution in [1.82, 2.24) is 14.9 Å². The van der Waals surface area contributed by atoms with Crippen LogP contribution in [0.25, 0.3) is 16.6 Å². The molecule has 0 bridgehead atoms. The van der Waals surface area contributed by atoms with Crippen LogP contribution in [-0.2, 0) is 5.75 Å². The highest BCUT2D eigenvalue weighted by Crippen LogP contribution is 2.30. The lowest BCUT2D eigenvalue weighted by molar-refractivity contribution is 0.0949. The third kappa shape index (κ3) is 5.97. The van der Waals surface area contributed by atoms with Gasteiger partial charge < -0.3 is 14.8 Å². The molecule has 0 unspecified atom stereocenters. The van der Waals surface area contributed by atoms with E-state index in [9.17, 15) is 9.59 Å². The zero-order valence-corrected chi connectivity index (χ0v) is 22.5. The minimum atomic E-state index is -0.235. The number of carbonyl (C=O) groups excluding carboxylic acids is 1. The first-order chi connectivity index (χ1) is 17.8. The smallest absolute Gasteiger partial charge is 0.266 e. The number of rotatable bonds is 9. The lowest BCUT2D eigenvalue weighted by Gasteiger charge is -2.16. The van der Waals surface area contributed by atoms with Crippen molar-refractivity contribution in [1.29, 1.82) is 0 Å². The number of nitrogens with zero attached hydrogens (tertiary/aromatic N) is 2. The second-order valence-electron chi connectivity index (χ2n) is 9.16. The molecule has 1 heterocycles. The van der Waals surface area contributed by atoms with Gasteiger partial charge in [0.05, 0.1) is 30.8 Å². The summed E-state index contributed by atoms with van der Waals surface area (Å²) < 4.78 is 12.5. The first-order valence-electron chi connectivity index (χ1n) is 12.1. The molecule has 8 heteroatoms. The molecule has 0 fully saturated rings. The van der Waals surface area contributed by atoms with Crippen molar-refractivity contribution < 1.29 is 14.3 Å². The summed E-state index contributed by atoms with van der Waals surface area (Å²) >= 11 is 1.46. The summed E-state index contributed by atoms with van der Waals surface area (Å²) in [6, 6.07) is 18.5. The molecule has 0 saturated heterocycles. The Bertz CT molecular complexity index is 1470. The number of fused-ring (bicyclic) bond motifs is 1. The van der Waals surface area contributed by atoms with E-state index in [4.69, 9.17) is 14.5 Å². The molecule has 192 valence electrons. The number of methoxy groups -OCH3 is 2. The van der Waals surface area contributed by atoms with Gasteiger partial charge in [0.1, 0.15) is 11.5 Å². The van der Waals surface area contributed by atoms with Gasteiger partial charge in [-0.15, -0.1) is 0 Å². The average molecular weight is 518 g/mol. The molecule has 0 aliphatic rings. The van der Waals surface area contributed by atoms with Gasteiger partial charge in [-0.3, -0.25) is 14.2 Å². The third-order valence-corrected chi connectivity index (χ3v) is 6.97. The van der Waals surface area contributed by atoms with E-state index in [1.807, 2.05) is 26.0 Å². The lowest BCUT2D eigenvalue weighted by Crippen LogP contribution is -2.27. The third-order valence-electron chi connectivity index (χ3n) is 5.98. The van der Waals surface area contributed by atoms with Gasteiger partial charge in [0.15, 0.2) is 5.16 Å². The second-order valence-corrected chi connectivity index (χ2v) is 10.1. The molecule has 4 aromatic rings. The van der Waals surface area contributed by atoms with Gasteiger partial charge >= 0.3 is 0 Å². The number of hydrogen-bond acceptors (Lipinski definition) is 6. The summed E-state index contributed by atoms with van der Waals surface area (Å²) in [6.07, 6.45) is 0. The number of ether oxygens (including phenoxy) is 2. The Labute approximate surface area is 220 Å². The molecule has 0 aliphatic heterocycles. The number of carbonyl (C=O) groups is 1. The van der Waals surface area contributed by atoms with E-state index in [-0.39, 0.29) is 11.5 Å². The fourth-order valence-electron chi connectivity index (χ4n) is 3.87. The van der Waals surface area contributed by atoms with E-state index in [1.54, 1.807) is 55.2 Å². The topological polar surface area (TPSA) is 82.4 Å². The van der Waals surface area contributed by atoms with Gasteiger partial charge in [-0.2, -0.15) is 0 Å². The van der Waals surface area contributed by atoms with Crippen molar-refractivity contribution in [2.24, 2.45) is 5.92 Å². The van der Waals surface area contributed by atoms with E-state index < -0.39 is 0 Å². The van der Waals surface area contributed by atoms with Gasteiger partial charge in [-0.05, 0) is 42.2 Å². The Morgan fingerprint density at radius 3 is 2.38 bits per heavy atom. The Morgan fingerprint density at radius 2 is 1.73 bits per heavy atom. The van der Waals surface area contributed by atoms with Crippen molar-refractivity contribution in [2.75, 3.05) is 20.8 Å². The maximum atomic E-state index is 13.9. The maximum Gasteiger partial charge on any atom is 0.266 e. The summed E-state index contributed by atoms with van der Waals surface area (Å²) in [4.78, 5) is 31.4. The highest BCUT2D eigenvalue weighted by Gasteiger charge is 2.17. The summed E-state index contributed by atoms with van der Waals surface area (Å²) in [5, 5.41) is 3.85. The summed E-state index contributed by atoms with van der Waals surface area (Å²) in [5.74, 6) is 1.90. The largest absolute Gasteiger partial charge is 0.497 e. The molecule has 0 spiro atoms. The fraction of sp³-hybridized carbons (Fsp3) is 0.276. The normalized spacial score (nSPS) is 11.1. The molecule has 4 rings (SSSR count). The molecule has 1 aromatic heterocycles. The molecule has 3 aromatic carbocycles. The summed E-state index contributed by atoms with van der Waals surface area (Å²) in [5.41, 5.74) is 3.61. The molecular formula is C29H31N3O4S. The number of aryl methyl sites for hydroxylation is 1. The van der Waals surface area contributed by atoms with Crippen LogP contribution >= 0.6 is 11.8 Å². The van der Waals surface area contributed by atoms with Crippen molar-refractivity contribution in [3.8, 4) is 17.2 Å². The second kappa shape index (κ2) is 11.5. The van der Waals surface area contributed by atoms with E-state index >= 15 is 0 Å². The highest BCUT2D eigenvalue weighted by molar-refractivity contribution is 7.98. The van der Waals surface area contributed by atoms with Crippen LogP contribution in [0.3, 0.4) is 0 Å². The van der Waals surface area contributed by atoms with Crippen molar-refractivity contribution in [3.05, 3.63) is 87.7 Å². The Morgan fingerprint density at radius 1 is 1.03 bits per heavy atom. The maximum absolute atomic E-state index is 13.9. The van der Waals surface area contributed by atoms with E-state index in [0.717, 1.165) is 11.1 Å². The summed E-state index contributed by atoms with van der Waals surface area (Å²) in [7, 11) is 3.14. The SMILES string of the molecule is COc1cc(OC)cc(-n2c(SCc3ccccc3C)nc3cc(C(=O)NCC(C)C)ccc3c2=O)c1. The lowest BCUT2D eigenvalue weighted by atomic mass is 10.1. The quantitative estimate of drug-likeness (QED) is 0.237. The molecule has 0 atom stereocenters. The van der Waals surface area contributed by atoms with Crippen LogP contribution in [0, 0.1) is 12.8 Å². The number of benzene rings is 3. The van der Waals surface area contributed by atoms with Crippen LogP contribution in [0.4, 0.5) is 0 Å². The van der Waals surface area contributed by atoms with E-state index in [0.29, 0.717) is 57.0 Å². The Balaban J connectivity index is 1.86. The van der Waals surface area contributed by atoms with Gasteiger partial charge in [0.2, 0.25) is 0 Å². The van der Waals surface area contributed by atoms with Crippen LogP contribution in [0.5, 0.6) is 11.5 Å². The van der Waals surface area contributed by atoms with Crippen LogP contribution in [0.1, 0.15) is 35.3 Å². The molecule has 7 nitrogen and oxygen atoms in total. The molecule has 0 saturated carbocycles. The first-order valence-corrected chi connectivity index (χ1v) is 13.0. The number of hydrogen-bond donors (Lipinski definition) is 1. The zero-order valence-electron chi connectivity index (χ0n) is 21.7. The average Bonchev–Trinajstić information content (AvgIpc) is 2.90. The van der Waals surface area contributed by atoms with Gasteiger partial charge in [0, 0.05) is 36.1 Å². The molecule has 1 N–H and O–H groups in total. The highest BCUT2D eigenvalue weighted by atomic mass is 32.2. The van der Waals surface area contributed by atoms with Crippen molar-refractivity contribution in [3.63, 3.8) is 0 Å². The van der Waals surface area contributed by atoms with Gasteiger partial charge in [-0.1, -0.05) is 49.9 Å². The van der Waals surface area contributed by atoms with Gasteiger partial charge in [0.25, 0.3) is 11.5 Å². The molecule has 1 amide bonds. The minimum Gasteiger partial charge on any atom is -0.497 e. The van der Waals surface area contributed by atoms with Crippen LogP contribution in [0.2, 0.25) is 0 Å². The number of nitrogens with one attached hydrogen (secondary N) is 1. The predicted octanol–water partition coefficient (Wildman–Crippen LogP) is 5.39. The number of thioether (sulfide) groups is 1. The number of aromatic nitrogens is 2. The van der Waals surface area contributed by atoms with Gasteiger partial charge in [-0.25, -0.2) is 4.98 Å². The standard InChI is InChI=1S/C29H31N3O4S/c1-18(2)16-30-27(33)20-10-11-25-26(12-20)31-29(37-17-21-9-7-6-8-19(21)3)32(28(25)34)22-13-23(35-4)15-24(14-22)36-5/h6-15,18H,16-17H2,1-5H3,(H,30,33). The van der Waals surface area contributed by atoms with E-state index in [1.165, 1.54) is 11.8 Å².